The van der Waals surface area contributed by atoms with Gasteiger partial charge in [0.05, 0.1) is 7.11 Å². The van der Waals surface area contributed by atoms with E-state index in [9.17, 15) is 4.39 Å². The molecule has 1 aromatic carbocycles. The van der Waals surface area contributed by atoms with E-state index in [0.29, 0.717) is 10.8 Å². The fraction of sp³-hybridized carbons (Fsp3) is 0.0909. The normalized spacial score (nSPS) is 10.2. The molecular formula is C11H10FN3OS. The van der Waals surface area contributed by atoms with Crippen molar-refractivity contribution in [3.63, 3.8) is 0 Å². The Morgan fingerprint density at radius 1 is 1.24 bits per heavy atom. The minimum atomic E-state index is -0.275. The number of hydrogen-bond acceptors (Lipinski definition) is 5. The first-order chi connectivity index (χ1) is 8.20. The van der Waals surface area contributed by atoms with Gasteiger partial charge < -0.3 is 10.5 Å². The summed E-state index contributed by atoms with van der Waals surface area (Å²) in [6.45, 7) is 0. The summed E-state index contributed by atoms with van der Waals surface area (Å²) in [4.78, 5) is 8.77. The van der Waals surface area contributed by atoms with Crippen LogP contribution in [-0.4, -0.2) is 17.1 Å². The van der Waals surface area contributed by atoms with Crippen LogP contribution in [0, 0.1) is 5.82 Å². The maximum atomic E-state index is 12.8. The first kappa shape index (κ1) is 11.7. The molecule has 1 heterocycles. The van der Waals surface area contributed by atoms with Gasteiger partial charge in [-0.2, -0.15) is 0 Å². The fourth-order valence-electron chi connectivity index (χ4n) is 1.25. The van der Waals surface area contributed by atoms with Crippen molar-refractivity contribution in [3.8, 4) is 5.75 Å². The molecule has 0 fully saturated rings. The molecule has 0 aliphatic rings. The van der Waals surface area contributed by atoms with Crippen molar-refractivity contribution in [1.29, 1.82) is 0 Å². The van der Waals surface area contributed by atoms with Crippen LogP contribution in [0.2, 0.25) is 0 Å². The van der Waals surface area contributed by atoms with Crippen molar-refractivity contribution in [2.45, 2.75) is 9.92 Å². The number of hydrogen-bond donors (Lipinski definition) is 1. The van der Waals surface area contributed by atoms with E-state index in [1.54, 1.807) is 12.1 Å². The van der Waals surface area contributed by atoms with Crippen LogP contribution in [0.15, 0.2) is 40.5 Å². The molecule has 0 bridgehead atoms. The first-order valence-electron chi connectivity index (χ1n) is 4.78. The molecule has 2 rings (SSSR count). The number of benzene rings is 1. The predicted octanol–water partition coefficient (Wildman–Crippen LogP) is 2.36. The van der Waals surface area contributed by atoms with Gasteiger partial charge in [0.1, 0.15) is 17.2 Å². The maximum absolute atomic E-state index is 12.8. The second kappa shape index (κ2) is 5.01. The van der Waals surface area contributed by atoms with E-state index in [4.69, 9.17) is 10.5 Å². The zero-order valence-corrected chi connectivity index (χ0v) is 9.87. The average Bonchev–Trinajstić information content (AvgIpc) is 2.32. The molecule has 0 unspecified atom stereocenters. The number of nitrogen functional groups attached to an aromatic ring is 1. The van der Waals surface area contributed by atoms with Gasteiger partial charge in [0.25, 0.3) is 0 Å². The van der Waals surface area contributed by atoms with Gasteiger partial charge >= 0.3 is 0 Å². The quantitative estimate of drug-likeness (QED) is 0.848. The summed E-state index contributed by atoms with van der Waals surface area (Å²) >= 11 is 1.34. The molecule has 6 heteroatoms. The Morgan fingerprint density at radius 3 is 2.59 bits per heavy atom. The number of nitrogens with zero attached hydrogens (tertiary/aromatic N) is 2. The third kappa shape index (κ3) is 2.65. The summed E-state index contributed by atoms with van der Waals surface area (Å²) in [6.07, 6.45) is 1.36. The van der Waals surface area contributed by atoms with E-state index in [0.717, 1.165) is 4.90 Å². The predicted molar refractivity (Wildman–Crippen MR) is 63.5 cm³/mol. The van der Waals surface area contributed by atoms with Crippen LogP contribution in [0.3, 0.4) is 0 Å². The molecule has 0 saturated heterocycles. The highest BCUT2D eigenvalue weighted by molar-refractivity contribution is 7.99. The van der Waals surface area contributed by atoms with Gasteiger partial charge in [0.2, 0.25) is 0 Å². The number of halogens is 1. The van der Waals surface area contributed by atoms with Gasteiger partial charge in [-0.15, -0.1) is 0 Å². The molecule has 0 aliphatic carbocycles. The molecule has 88 valence electrons. The number of ether oxygens (including phenoxy) is 1. The number of nitrogens with two attached hydrogens (primary N) is 1. The Balaban J connectivity index is 2.29. The Morgan fingerprint density at radius 2 is 1.94 bits per heavy atom. The zero-order chi connectivity index (χ0) is 12.3. The summed E-state index contributed by atoms with van der Waals surface area (Å²) in [7, 11) is 1.50. The molecule has 2 aromatic rings. The van der Waals surface area contributed by atoms with Crippen LogP contribution in [0.25, 0.3) is 0 Å². The summed E-state index contributed by atoms with van der Waals surface area (Å²) in [5.74, 6) is 0.442. The Bertz CT molecular complexity index is 519. The van der Waals surface area contributed by atoms with E-state index in [1.165, 1.54) is 37.3 Å². The van der Waals surface area contributed by atoms with E-state index in [-0.39, 0.29) is 11.6 Å². The SMILES string of the molecule is COc1c(N)ncnc1Sc1ccc(F)cc1. The summed E-state index contributed by atoms with van der Waals surface area (Å²) in [5, 5.41) is 0.603. The molecule has 1 aromatic heterocycles. The topological polar surface area (TPSA) is 61.0 Å². The van der Waals surface area contributed by atoms with E-state index >= 15 is 0 Å². The van der Waals surface area contributed by atoms with Gasteiger partial charge in [-0.3, -0.25) is 0 Å². The van der Waals surface area contributed by atoms with Crippen LogP contribution in [0.5, 0.6) is 5.75 Å². The Hall–Kier alpha value is -1.82. The van der Waals surface area contributed by atoms with E-state index < -0.39 is 0 Å². The van der Waals surface area contributed by atoms with Gasteiger partial charge in [0.15, 0.2) is 11.6 Å². The summed E-state index contributed by atoms with van der Waals surface area (Å²) in [6, 6.07) is 6.11. The number of rotatable bonds is 3. The van der Waals surface area contributed by atoms with Crippen LogP contribution >= 0.6 is 11.8 Å². The van der Waals surface area contributed by atoms with Crippen LogP contribution in [-0.2, 0) is 0 Å². The molecule has 17 heavy (non-hydrogen) atoms. The minimum absolute atomic E-state index is 0.275. The van der Waals surface area contributed by atoms with Crippen molar-refractivity contribution in [2.24, 2.45) is 0 Å². The molecule has 0 aliphatic heterocycles. The van der Waals surface area contributed by atoms with Crippen LogP contribution in [0.1, 0.15) is 0 Å². The average molecular weight is 251 g/mol. The summed E-state index contributed by atoms with van der Waals surface area (Å²) < 4.78 is 17.9. The third-order valence-corrected chi connectivity index (χ3v) is 3.02. The van der Waals surface area contributed by atoms with Crippen molar-refractivity contribution in [2.75, 3.05) is 12.8 Å². The maximum Gasteiger partial charge on any atom is 0.193 e. The molecule has 0 amide bonds. The van der Waals surface area contributed by atoms with Crippen LogP contribution in [0.4, 0.5) is 10.2 Å². The highest BCUT2D eigenvalue weighted by Gasteiger charge is 2.10. The molecule has 0 spiro atoms. The Labute approximate surface area is 102 Å². The Kier molecular flexibility index (Phi) is 3.43. The zero-order valence-electron chi connectivity index (χ0n) is 9.05. The van der Waals surface area contributed by atoms with Crippen molar-refractivity contribution in [1.82, 2.24) is 9.97 Å². The molecule has 0 atom stereocenters. The van der Waals surface area contributed by atoms with E-state index in [1.807, 2.05) is 0 Å². The van der Waals surface area contributed by atoms with Crippen molar-refractivity contribution < 1.29 is 9.13 Å². The third-order valence-electron chi connectivity index (χ3n) is 2.03. The lowest BCUT2D eigenvalue weighted by Crippen LogP contribution is -1.98. The largest absolute Gasteiger partial charge is 0.490 e. The highest BCUT2D eigenvalue weighted by atomic mass is 32.2. The highest BCUT2D eigenvalue weighted by Crippen LogP contribution is 2.35. The number of methoxy groups -OCH3 is 1. The molecule has 4 nitrogen and oxygen atoms in total. The number of anilines is 1. The van der Waals surface area contributed by atoms with Gasteiger partial charge in [-0.25, -0.2) is 14.4 Å². The van der Waals surface area contributed by atoms with Gasteiger partial charge in [-0.05, 0) is 24.3 Å². The van der Waals surface area contributed by atoms with E-state index in [2.05, 4.69) is 9.97 Å². The smallest absolute Gasteiger partial charge is 0.193 e. The van der Waals surface area contributed by atoms with Crippen molar-refractivity contribution >= 4 is 17.6 Å². The lowest BCUT2D eigenvalue weighted by molar-refractivity contribution is 0.401. The standard InChI is InChI=1S/C11H10FN3OS/c1-16-9-10(13)14-6-15-11(9)17-8-4-2-7(12)3-5-8/h2-6H,1H3,(H2,13,14,15). The monoisotopic (exact) mass is 251 g/mol. The number of aromatic nitrogens is 2. The molecular weight excluding hydrogens is 241 g/mol. The van der Waals surface area contributed by atoms with Gasteiger partial charge in [0, 0.05) is 4.90 Å². The fourth-order valence-corrected chi connectivity index (χ4v) is 2.13. The van der Waals surface area contributed by atoms with Gasteiger partial charge in [-0.1, -0.05) is 11.8 Å². The lowest BCUT2D eigenvalue weighted by Gasteiger charge is -2.08. The summed E-state index contributed by atoms with van der Waals surface area (Å²) in [5.41, 5.74) is 5.66. The minimum Gasteiger partial charge on any atom is -0.490 e. The first-order valence-corrected chi connectivity index (χ1v) is 5.60. The lowest BCUT2D eigenvalue weighted by atomic mass is 10.4. The van der Waals surface area contributed by atoms with Crippen molar-refractivity contribution in [3.05, 3.63) is 36.4 Å². The van der Waals surface area contributed by atoms with Crippen LogP contribution < -0.4 is 10.5 Å². The molecule has 2 N–H and O–H groups in total. The second-order valence-corrected chi connectivity index (χ2v) is 4.22. The second-order valence-electron chi connectivity index (χ2n) is 3.15. The molecule has 0 saturated carbocycles. The molecule has 0 radical (unpaired) electrons.